The number of ether oxygens (including phenoxy) is 1. The van der Waals surface area contributed by atoms with Crippen LogP contribution in [0.2, 0.25) is 0 Å². The maximum absolute atomic E-state index is 8.96. The van der Waals surface area contributed by atoms with Crippen molar-refractivity contribution in [3.05, 3.63) is 35.7 Å². The molecule has 0 aliphatic carbocycles. The lowest BCUT2D eigenvalue weighted by atomic mass is 10.0. The predicted octanol–water partition coefficient (Wildman–Crippen LogP) is 2.24. The molecular weight excluding hydrogens is 200 g/mol. The van der Waals surface area contributed by atoms with Gasteiger partial charge in [-0.1, -0.05) is 19.1 Å². The van der Waals surface area contributed by atoms with Gasteiger partial charge < -0.3 is 9.84 Å². The molecule has 0 heterocycles. The lowest BCUT2D eigenvalue weighted by Crippen LogP contribution is -2.02. The first-order chi connectivity index (χ1) is 6.77. The Balaban J connectivity index is 2.68. The zero-order valence-electron chi connectivity index (χ0n) is 8.16. The lowest BCUT2D eigenvalue weighted by Gasteiger charge is -2.10. The summed E-state index contributed by atoms with van der Waals surface area (Å²) >= 11 is 5.51. The number of benzene rings is 1. The second-order valence-corrected chi connectivity index (χ2v) is 3.38. The first kappa shape index (κ1) is 11.3. The van der Waals surface area contributed by atoms with E-state index in [1.807, 2.05) is 31.2 Å². The second kappa shape index (κ2) is 5.89. The van der Waals surface area contributed by atoms with Crippen LogP contribution in [0.1, 0.15) is 12.5 Å². The Morgan fingerprint density at radius 3 is 2.93 bits per heavy atom. The van der Waals surface area contributed by atoms with Gasteiger partial charge in [-0.25, -0.2) is 0 Å². The van der Waals surface area contributed by atoms with E-state index in [4.69, 9.17) is 21.4 Å². The van der Waals surface area contributed by atoms with Gasteiger partial charge in [0.25, 0.3) is 0 Å². The van der Waals surface area contributed by atoms with Gasteiger partial charge in [-0.15, -0.1) is 11.6 Å². The molecule has 1 N–H and O–H groups in total. The van der Waals surface area contributed by atoms with Gasteiger partial charge in [0.1, 0.15) is 12.4 Å². The number of halogens is 1. The largest absolute Gasteiger partial charge is 0.492 e. The Morgan fingerprint density at radius 2 is 2.29 bits per heavy atom. The van der Waals surface area contributed by atoms with Crippen molar-refractivity contribution in [1.29, 1.82) is 0 Å². The Morgan fingerprint density at radius 1 is 1.50 bits per heavy atom. The Kier molecular flexibility index (Phi) is 4.77. The molecule has 1 aromatic carbocycles. The monoisotopic (exact) mass is 213 g/mol. The first-order valence-corrected chi connectivity index (χ1v) is 5.04. The maximum Gasteiger partial charge on any atom is 0.119 e. The number of hydrogen-bond acceptors (Lipinski definition) is 2. The SMILES string of the molecule is C[C](CO)c1cccc(OCCCl)c1. The molecule has 0 aliphatic rings. The van der Waals surface area contributed by atoms with Crippen molar-refractivity contribution in [2.24, 2.45) is 0 Å². The van der Waals surface area contributed by atoms with Gasteiger partial charge in [0.15, 0.2) is 0 Å². The number of aliphatic hydroxyl groups is 1. The summed E-state index contributed by atoms with van der Waals surface area (Å²) in [5, 5.41) is 8.96. The zero-order chi connectivity index (χ0) is 10.4. The van der Waals surface area contributed by atoms with E-state index in [9.17, 15) is 0 Å². The summed E-state index contributed by atoms with van der Waals surface area (Å²) in [5.41, 5.74) is 1.000. The molecule has 0 saturated carbocycles. The molecule has 0 aliphatic heterocycles. The van der Waals surface area contributed by atoms with Crippen LogP contribution < -0.4 is 4.74 Å². The fourth-order valence-electron chi connectivity index (χ4n) is 1.10. The van der Waals surface area contributed by atoms with Crippen molar-refractivity contribution in [3.63, 3.8) is 0 Å². The molecule has 1 aromatic rings. The Labute approximate surface area is 89.5 Å². The summed E-state index contributed by atoms with van der Waals surface area (Å²) in [6.45, 7) is 2.46. The molecule has 77 valence electrons. The second-order valence-electron chi connectivity index (χ2n) is 3.00. The van der Waals surface area contributed by atoms with Crippen molar-refractivity contribution in [1.82, 2.24) is 0 Å². The number of rotatable bonds is 5. The van der Waals surface area contributed by atoms with Crippen molar-refractivity contribution in [2.75, 3.05) is 19.1 Å². The van der Waals surface area contributed by atoms with Gasteiger partial charge in [-0.2, -0.15) is 0 Å². The smallest absolute Gasteiger partial charge is 0.119 e. The van der Waals surface area contributed by atoms with Crippen molar-refractivity contribution in [2.45, 2.75) is 6.92 Å². The molecule has 0 saturated heterocycles. The van der Waals surface area contributed by atoms with Gasteiger partial charge in [0, 0.05) is 5.92 Å². The molecule has 0 aromatic heterocycles. The average molecular weight is 214 g/mol. The highest BCUT2D eigenvalue weighted by atomic mass is 35.5. The minimum absolute atomic E-state index is 0.0684. The van der Waals surface area contributed by atoms with E-state index in [2.05, 4.69) is 0 Å². The van der Waals surface area contributed by atoms with E-state index >= 15 is 0 Å². The molecule has 2 nitrogen and oxygen atoms in total. The van der Waals surface area contributed by atoms with Crippen LogP contribution >= 0.6 is 11.6 Å². The summed E-state index contributed by atoms with van der Waals surface area (Å²) in [5.74, 6) is 2.20. The van der Waals surface area contributed by atoms with Crippen LogP contribution in [0, 0.1) is 5.92 Å². The molecular formula is C11H14ClO2. The maximum atomic E-state index is 8.96. The first-order valence-electron chi connectivity index (χ1n) is 4.50. The van der Waals surface area contributed by atoms with Crippen molar-refractivity contribution in [3.8, 4) is 5.75 Å². The minimum Gasteiger partial charge on any atom is -0.492 e. The van der Waals surface area contributed by atoms with Crippen LogP contribution in [0.3, 0.4) is 0 Å². The van der Waals surface area contributed by atoms with E-state index < -0.39 is 0 Å². The molecule has 0 fully saturated rings. The van der Waals surface area contributed by atoms with Crippen LogP contribution in [0.5, 0.6) is 5.75 Å². The molecule has 1 rings (SSSR count). The van der Waals surface area contributed by atoms with E-state index in [0.29, 0.717) is 12.5 Å². The standard InChI is InChI=1S/C11H14ClO2/c1-9(8-13)10-3-2-4-11(7-10)14-6-5-12/h2-4,7,13H,5-6,8H2,1H3. The summed E-state index contributed by atoms with van der Waals surface area (Å²) < 4.78 is 5.36. The molecule has 1 radical (unpaired) electrons. The highest BCUT2D eigenvalue weighted by molar-refractivity contribution is 6.17. The number of alkyl halides is 1. The molecule has 14 heavy (non-hydrogen) atoms. The lowest BCUT2D eigenvalue weighted by molar-refractivity contribution is 0.314. The van der Waals surface area contributed by atoms with E-state index in [1.165, 1.54) is 0 Å². The van der Waals surface area contributed by atoms with Crippen LogP contribution in [0.4, 0.5) is 0 Å². The van der Waals surface area contributed by atoms with E-state index in [0.717, 1.165) is 17.2 Å². The summed E-state index contributed by atoms with van der Waals surface area (Å²) in [6, 6.07) is 7.62. The van der Waals surface area contributed by atoms with E-state index in [1.54, 1.807) is 0 Å². The van der Waals surface area contributed by atoms with Crippen molar-refractivity contribution < 1.29 is 9.84 Å². The highest BCUT2D eigenvalue weighted by Gasteiger charge is 2.05. The highest BCUT2D eigenvalue weighted by Crippen LogP contribution is 2.19. The molecule has 3 heteroatoms. The summed E-state index contributed by atoms with van der Waals surface area (Å²) in [7, 11) is 0. The third-order valence-electron chi connectivity index (χ3n) is 1.91. The number of hydrogen-bond donors (Lipinski definition) is 1. The van der Waals surface area contributed by atoms with Gasteiger partial charge in [0.2, 0.25) is 0 Å². The van der Waals surface area contributed by atoms with Gasteiger partial charge in [0.05, 0.1) is 12.5 Å². The zero-order valence-corrected chi connectivity index (χ0v) is 8.92. The Hall–Kier alpha value is -0.730. The summed E-state index contributed by atoms with van der Waals surface area (Å²) in [4.78, 5) is 0. The average Bonchev–Trinajstić information content (AvgIpc) is 2.25. The fourth-order valence-corrected chi connectivity index (χ4v) is 1.18. The van der Waals surface area contributed by atoms with Gasteiger partial charge in [-0.05, 0) is 17.7 Å². The molecule has 0 bridgehead atoms. The molecule has 0 spiro atoms. The minimum atomic E-state index is 0.0684. The number of aliphatic hydroxyl groups excluding tert-OH is 1. The summed E-state index contributed by atoms with van der Waals surface area (Å²) in [6.07, 6.45) is 0. The van der Waals surface area contributed by atoms with Crippen LogP contribution in [0.15, 0.2) is 24.3 Å². The Bertz CT molecular complexity index is 276. The van der Waals surface area contributed by atoms with Gasteiger partial charge in [-0.3, -0.25) is 0 Å². The van der Waals surface area contributed by atoms with Gasteiger partial charge >= 0.3 is 0 Å². The van der Waals surface area contributed by atoms with E-state index in [-0.39, 0.29) is 6.61 Å². The normalized spacial score (nSPS) is 10.6. The third kappa shape index (κ3) is 3.20. The topological polar surface area (TPSA) is 29.5 Å². The molecule has 0 atom stereocenters. The molecule has 0 unspecified atom stereocenters. The van der Waals surface area contributed by atoms with Crippen LogP contribution in [-0.4, -0.2) is 24.2 Å². The quantitative estimate of drug-likeness (QED) is 0.761. The van der Waals surface area contributed by atoms with Crippen LogP contribution in [0.25, 0.3) is 0 Å². The van der Waals surface area contributed by atoms with Crippen molar-refractivity contribution >= 4 is 11.6 Å². The fraction of sp³-hybridized carbons (Fsp3) is 0.364. The third-order valence-corrected chi connectivity index (χ3v) is 2.06. The molecule has 0 amide bonds. The predicted molar refractivity (Wildman–Crippen MR) is 57.8 cm³/mol. The van der Waals surface area contributed by atoms with Crippen LogP contribution in [-0.2, 0) is 0 Å².